The number of carbonyl (C=O) groups is 3. The predicted octanol–water partition coefficient (Wildman–Crippen LogP) is 4.45. The standard InChI is InChI=1S/C27H32N2O5/c1-17(25(30)29-24(26(31)32)15-18-9-3-2-4-10-18)28-27(33)34-16-23-21-13-7-5-11-19(21)20-12-6-8-14-22(20)23/h5-8,11-14,17-18,23-24H,2-4,9-10,15-16H2,1H3,(H,28,33)(H,29,30)(H,31,32)/t17-,24?/m0/s1. The molecule has 0 heterocycles. The van der Waals surface area contributed by atoms with Crippen molar-refractivity contribution in [3.63, 3.8) is 0 Å². The first-order valence-corrected chi connectivity index (χ1v) is 12.1. The summed E-state index contributed by atoms with van der Waals surface area (Å²) < 4.78 is 5.49. The maximum atomic E-state index is 12.6. The second kappa shape index (κ2) is 10.7. The molecule has 2 aromatic carbocycles. The maximum Gasteiger partial charge on any atom is 0.407 e. The molecule has 2 aromatic rings. The summed E-state index contributed by atoms with van der Waals surface area (Å²) in [6, 6.07) is 14.2. The van der Waals surface area contributed by atoms with E-state index in [4.69, 9.17) is 4.74 Å². The number of alkyl carbamates (subject to hydrolysis) is 1. The van der Waals surface area contributed by atoms with Crippen LogP contribution in [0.25, 0.3) is 11.1 Å². The first-order chi connectivity index (χ1) is 16.4. The SMILES string of the molecule is C[C@H](NC(=O)OCC1c2ccccc2-c2ccccc21)C(=O)NC(CC1CCCCC1)C(=O)O. The van der Waals surface area contributed by atoms with Crippen molar-refractivity contribution >= 4 is 18.0 Å². The fourth-order valence-corrected chi connectivity index (χ4v) is 5.16. The van der Waals surface area contributed by atoms with Crippen LogP contribution < -0.4 is 10.6 Å². The van der Waals surface area contributed by atoms with Crippen molar-refractivity contribution in [2.75, 3.05) is 6.61 Å². The smallest absolute Gasteiger partial charge is 0.407 e. The number of aliphatic carboxylic acids is 1. The summed E-state index contributed by atoms with van der Waals surface area (Å²) in [5.41, 5.74) is 4.48. The summed E-state index contributed by atoms with van der Waals surface area (Å²) in [5.74, 6) is -1.35. The van der Waals surface area contributed by atoms with Crippen LogP contribution in [-0.4, -0.2) is 41.8 Å². The van der Waals surface area contributed by atoms with Crippen molar-refractivity contribution in [3.05, 3.63) is 59.7 Å². The zero-order chi connectivity index (χ0) is 24.1. The third kappa shape index (κ3) is 5.41. The topological polar surface area (TPSA) is 105 Å². The molecule has 0 radical (unpaired) electrons. The molecule has 0 saturated heterocycles. The van der Waals surface area contributed by atoms with Gasteiger partial charge in [-0.3, -0.25) is 4.79 Å². The molecule has 0 aromatic heterocycles. The van der Waals surface area contributed by atoms with E-state index < -0.39 is 30.1 Å². The van der Waals surface area contributed by atoms with Gasteiger partial charge in [-0.2, -0.15) is 0 Å². The molecule has 1 saturated carbocycles. The highest BCUT2D eigenvalue weighted by Crippen LogP contribution is 2.44. The van der Waals surface area contributed by atoms with Crippen LogP contribution in [0.2, 0.25) is 0 Å². The van der Waals surface area contributed by atoms with Crippen molar-refractivity contribution in [1.82, 2.24) is 10.6 Å². The van der Waals surface area contributed by atoms with Crippen LogP contribution in [0.4, 0.5) is 4.79 Å². The van der Waals surface area contributed by atoms with Crippen LogP contribution in [0, 0.1) is 5.92 Å². The first kappa shape index (κ1) is 23.8. The van der Waals surface area contributed by atoms with E-state index in [1.165, 1.54) is 13.3 Å². The molecule has 7 heteroatoms. The highest BCUT2D eigenvalue weighted by Gasteiger charge is 2.30. The van der Waals surface area contributed by atoms with Crippen LogP contribution in [-0.2, 0) is 14.3 Å². The number of ether oxygens (including phenoxy) is 1. The summed E-state index contributed by atoms with van der Waals surface area (Å²) in [5, 5.41) is 14.7. The number of carboxylic acid groups (broad SMARTS) is 1. The van der Waals surface area contributed by atoms with Crippen molar-refractivity contribution in [1.29, 1.82) is 0 Å². The van der Waals surface area contributed by atoms with E-state index in [1.54, 1.807) is 0 Å². The van der Waals surface area contributed by atoms with E-state index in [0.29, 0.717) is 12.3 Å². The number of carboxylic acids is 1. The fraction of sp³-hybridized carbons (Fsp3) is 0.444. The van der Waals surface area contributed by atoms with Gasteiger partial charge in [0.15, 0.2) is 0 Å². The van der Waals surface area contributed by atoms with Gasteiger partial charge in [0.25, 0.3) is 0 Å². The number of nitrogens with one attached hydrogen (secondary N) is 2. The molecular weight excluding hydrogens is 432 g/mol. The lowest BCUT2D eigenvalue weighted by Gasteiger charge is -2.26. The largest absolute Gasteiger partial charge is 0.480 e. The predicted molar refractivity (Wildman–Crippen MR) is 128 cm³/mol. The molecule has 0 spiro atoms. The highest BCUT2D eigenvalue weighted by molar-refractivity contribution is 5.89. The van der Waals surface area contributed by atoms with Crippen molar-refractivity contribution < 1.29 is 24.2 Å². The Hall–Kier alpha value is -3.35. The van der Waals surface area contributed by atoms with E-state index in [1.807, 2.05) is 36.4 Å². The molecule has 2 aliphatic carbocycles. The van der Waals surface area contributed by atoms with Crippen molar-refractivity contribution in [3.8, 4) is 11.1 Å². The normalized spacial score (nSPS) is 17.2. The Kier molecular flexibility index (Phi) is 7.50. The molecule has 0 aliphatic heterocycles. The number of amides is 2. The zero-order valence-corrected chi connectivity index (χ0v) is 19.5. The van der Waals surface area contributed by atoms with Gasteiger partial charge in [0.2, 0.25) is 5.91 Å². The summed E-state index contributed by atoms with van der Waals surface area (Å²) >= 11 is 0. The number of rotatable bonds is 8. The molecule has 3 N–H and O–H groups in total. The Labute approximate surface area is 199 Å². The second-order valence-electron chi connectivity index (χ2n) is 9.33. The van der Waals surface area contributed by atoms with Gasteiger partial charge in [-0.1, -0.05) is 80.6 Å². The van der Waals surface area contributed by atoms with Crippen molar-refractivity contribution in [2.45, 2.75) is 63.5 Å². The van der Waals surface area contributed by atoms with Gasteiger partial charge < -0.3 is 20.5 Å². The Morgan fingerprint density at radius 1 is 0.941 bits per heavy atom. The van der Waals surface area contributed by atoms with Crippen LogP contribution in [0.5, 0.6) is 0 Å². The quantitative estimate of drug-likeness (QED) is 0.535. The van der Waals surface area contributed by atoms with E-state index in [9.17, 15) is 19.5 Å². The Morgan fingerprint density at radius 3 is 2.12 bits per heavy atom. The molecule has 34 heavy (non-hydrogen) atoms. The minimum absolute atomic E-state index is 0.0748. The summed E-state index contributed by atoms with van der Waals surface area (Å²) in [7, 11) is 0. The second-order valence-corrected chi connectivity index (χ2v) is 9.33. The number of fused-ring (bicyclic) bond motifs is 3. The Morgan fingerprint density at radius 2 is 1.53 bits per heavy atom. The highest BCUT2D eigenvalue weighted by atomic mass is 16.5. The van der Waals surface area contributed by atoms with Gasteiger partial charge in [-0.15, -0.1) is 0 Å². The average molecular weight is 465 g/mol. The lowest BCUT2D eigenvalue weighted by molar-refractivity contribution is -0.142. The zero-order valence-electron chi connectivity index (χ0n) is 19.5. The summed E-state index contributed by atoms with van der Waals surface area (Å²) in [4.78, 5) is 36.7. The van der Waals surface area contributed by atoms with E-state index in [0.717, 1.165) is 47.9 Å². The maximum absolute atomic E-state index is 12.6. The molecule has 7 nitrogen and oxygen atoms in total. The molecule has 1 fully saturated rings. The van der Waals surface area contributed by atoms with E-state index >= 15 is 0 Å². The van der Waals surface area contributed by atoms with Crippen LogP contribution in [0.1, 0.15) is 62.5 Å². The first-order valence-electron chi connectivity index (χ1n) is 12.1. The molecule has 4 rings (SSSR count). The lowest BCUT2D eigenvalue weighted by atomic mass is 9.85. The van der Waals surface area contributed by atoms with E-state index in [-0.39, 0.29) is 12.5 Å². The number of hydrogen-bond acceptors (Lipinski definition) is 4. The molecule has 1 unspecified atom stereocenters. The Bertz CT molecular complexity index is 1000. The molecule has 2 amide bonds. The van der Waals surface area contributed by atoms with Crippen LogP contribution in [0.15, 0.2) is 48.5 Å². The molecular formula is C27H32N2O5. The molecule has 2 aliphatic rings. The molecule has 2 atom stereocenters. The van der Waals surface area contributed by atoms with Crippen molar-refractivity contribution in [2.24, 2.45) is 5.92 Å². The lowest BCUT2D eigenvalue weighted by Crippen LogP contribution is -2.51. The van der Waals surface area contributed by atoms with Crippen LogP contribution in [0.3, 0.4) is 0 Å². The van der Waals surface area contributed by atoms with Gasteiger partial charge in [0.1, 0.15) is 18.7 Å². The summed E-state index contributed by atoms with van der Waals surface area (Å²) in [6.07, 6.45) is 5.08. The minimum Gasteiger partial charge on any atom is -0.480 e. The third-order valence-electron chi connectivity index (χ3n) is 6.98. The third-order valence-corrected chi connectivity index (χ3v) is 6.98. The average Bonchev–Trinajstić information content (AvgIpc) is 3.16. The molecule has 0 bridgehead atoms. The van der Waals surface area contributed by atoms with E-state index in [2.05, 4.69) is 22.8 Å². The van der Waals surface area contributed by atoms with Gasteiger partial charge in [-0.25, -0.2) is 9.59 Å². The number of carbonyl (C=O) groups excluding carboxylic acids is 2. The monoisotopic (exact) mass is 464 g/mol. The number of hydrogen-bond donors (Lipinski definition) is 3. The number of benzene rings is 2. The van der Waals surface area contributed by atoms with Gasteiger partial charge in [0, 0.05) is 5.92 Å². The Balaban J connectivity index is 1.30. The molecule has 180 valence electrons. The minimum atomic E-state index is -1.05. The van der Waals surface area contributed by atoms with Gasteiger partial charge in [-0.05, 0) is 41.5 Å². The summed E-state index contributed by atoms with van der Waals surface area (Å²) in [6.45, 7) is 1.67. The fourth-order valence-electron chi connectivity index (χ4n) is 5.16. The van der Waals surface area contributed by atoms with Gasteiger partial charge >= 0.3 is 12.1 Å². The van der Waals surface area contributed by atoms with Gasteiger partial charge in [0.05, 0.1) is 0 Å². The van der Waals surface area contributed by atoms with Crippen LogP contribution >= 0.6 is 0 Å².